The summed E-state index contributed by atoms with van der Waals surface area (Å²) in [6.45, 7) is 6.24. The van der Waals surface area contributed by atoms with Crippen LogP contribution in [0.25, 0.3) is 10.9 Å². The molecule has 0 radical (unpaired) electrons. The number of Topliss-reactive ketones (excluding diaryl/α,β-unsaturated/α-hetero) is 2. The van der Waals surface area contributed by atoms with Crippen molar-refractivity contribution in [2.24, 2.45) is 0 Å². The molecule has 2 bridgehead atoms. The molecule has 3 aromatic rings. The average Bonchev–Trinajstić information content (AvgIpc) is 3.17. The number of likely N-dealkylation sites (N-methyl/N-ethyl adjacent to an activating group) is 1. The third-order valence-electron chi connectivity index (χ3n) is 11.4. The van der Waals surface area contributed by atoms with Crippen molar-refractivity contribution in [2.45, 2.75) is 70.7 Å². The minimum atomic E-state index is -0.967. The summed E-state index contributed by atoms with van der Waals surface area (Å²) in [5.41, 5.74) is 3.15. The van der Waals surface area contributed by atoms with Gasteiger partial charge in [0.25, 0.3) is 0 Å². The van der Waals surface area contributed by atoms with Crippen LogP contribution in [-0.2, 0) is 30.3 Å². The molecular weight excluding hydrogens is 692 g/mol. The first-order valence-corrected chi connectivity index (χ1v) is 17.6. The number of piperazine rings is 1. The molecule has 7 rings (SSSR count). The van der Waals surface area contributed by atoms with E-state index in [-0.39, 0.29) is 70.5 Å². The van der Waals surface area contributed by atoms with Gasteiger partial charge in [-0.05, 0) is 71.8 Å². The predicted molar refractivity (Wildman–Crippen MR) is 195 cm³/mol. The number of allylic oxidation sites excluding steroid dienone is 3. The molecule has 13 nitrogen and oxygen atoms in total. The molecule has 3 aliphatic heterocycles. The fourth-order valence-corrected chi connectivity index (χ4v) is 8.68. The van der Waals surface area contributed by atoms with E-state index in [1.54, 1.807) is 64.2 Å². The van der Waals surface area contributed by atoms with Crippen LogP contribution >= 0.6 is 0 Å². The number of ketones is 2. The van der Waals surface area contributed by atoms with E-state index in [9.17, 15) is 29.5 Å². The van der Waals surface area contributed by atoms with Crippen LogP contribution in [0.4, 0.5) is 0 Å². The Labute approximate surface area is 312 Å². The number of pyridine rings is 1. The normalized spacial score (nSPS) is 24.0. The Morgan fingerprint density at radius 1 is 1.07 bits per heavy atom. The molecule has 4 heterocycles. The van der Waals surface area contributed by atoms with Gasteiger partial charge in [0.15, 0.2) is 23.0 Å². The maximum atomic E-state index is 14.2. The van der Waals surface area contributed by atoms with Crippen molar-refractivity contribution in [3.05, 3.63) is 92.9 Å². The second-order valence-corrected chi connectivity index (χ2v) is 14.0. The van der Waals surface area contributed by atoms with Crippen molar-refractivity contribution in [1.82, 2.24) is 14.8 Å². The third kappa shape index (κ3) is 5.47. The molecule has 13 heteroatoms. The number of methoxy groups -OCH3 is 2. The standard InChI is InChI=1S/C41H40N4O9/c1-8-19(2)40(49)53-18-30-31-25(37(21(4)39(52-7)35(31)47)54-41(50)23-11-12-26-22(14-23)10-9-13-43-26)16-28-33-32-24(34(46)20(3)38(51-6)36(32)48)15-27(44(33)5)29(17-42)45(28)30/h8-14,27-30,33,47H,15-16,18H2,1-7H3/b19-8-/t27-,28+,29+,30+,33+/m1/s1. The minimum absolute atomic E-state index is 0.0403. The van der Waals surface area contributed by atoms with Crippen molar-refractivity contribution >= 4 is 34.4 Å². The number of nitrogens with zero attached hydrogens (tertiary/aromatic N) is 4. The summed E-state index contributed by atoms with van der Waals surface area (Å²) in [7, 11) is 4.55. The number of hydrogen-bond donors (Lipinski definition) is 1. The summed E-state index contributed by atoms with van der Waals surface area (Å²) in [5, 5.41) is 23.6. The topological polar surface area (TPSA) is 169 Å². The number of hydrogen-bond acceptors (Lipinski definition) is 13. The molecule has 1 N–H and O–H groups in total. The van der Waals surface area contributed by atoms with Gasteiger partial charge in [-0.1, -0.05) is 12.1 Å². The van der Waals surface area contributed by atoms with Crippen LogP contribution in [0.5, 0.6) is 17.2 Å². The zero-order valence-corrected chi connectivity index (χ0v) is 31.1. The smallest absolute Gasteiger partial charge is 0.343 e. The van der Waals surface area contributed by atoms with E-state index in [1.807, 2.05) is 22.9 Å². The predicted octanol–water partition coefficient (Wildman–Crippen LogP) is 4.60. The molecule has 4 aliphatic rings. The molecule has 0 amide bonds. The van der Waals surface area contributed by atoms with E-state index in [0.717, 1.165) is 5.39 Å². The van der Waals surface area contributed by atoms with Gasteiger partial charge in [0.1, 0.15) is 18.4 Å². The molecule has 2 aromatic carbocycles. The number of phenols is 1. The van der Waals surface area contributed by atoms with Crippen molar-refractivity contribution in [2.75, 3.05) is 27.9 Å². The average molecular weight is 733 g/mol. The van der Waals surface area contributed by atoms with Gasteiger partial charge < -0.3 is 24.1 Å². The van der Waals surface area contributed by atoms with Crippen molar-refractivity contribution in [3.63, 3.8) is 0 Å². The Morgan fingerprint density at radius 2 is 1.83 bits per heavy atom. The van der Waals surface area contributed by atoms with Crippen LogP contribution in [0.1, 0.15) is 60.3 Å². The molecule has 1 aromatic heterocycles. The number of fused-ring (bicyclic) bond motifs is 7. The zero-order chi connectivity index (χ0) is 38.7. The lowest BCUT2D eigenvalue weighted by atomic mass is 9.69. The fourth-order valence-electron chi connectivity index (χ4n) is 8.68. The number of carbonyl (C=O) groups is 4. The summed E-state index contributed by atoms with van der Waals surface area (Å²) in [5.74, 6) is -2.12. The number of aromatic hydroxyl groups is 1. The zero-order valence-electron chi connectivity index (χ0n) is 31.1. The number of benzene rings is 2. The number of phenolic OH excluding ortho intramolecular Hbond substituents is 1. The molecule has 0 spiro atoms. The molecule has 54 heavy (non-hydrogen) atoms. The second-order valence-electron chi connectivity index (χ2n) is 14.0. The lowest BCUT2D eigenvalue weighted by Gasteiger charge is -2.60. The first kappa shape index (κ1) is 36.5. The van der Waals surface area contributed by atoms with Gasteiger partial charge in [-0.2, -0.15) is 5.26 Å². The van der Waals surface area contributed by atoms with Gasteiger partial charge in [-0.3, -0.25) is 24.4 Å². The lowest BCUT2D eigenvalue weighted by Crippen LogP contribution is -2.72. The van der Waals surface area contributed by atoms with Crippen molar-refractivity contribution < 1.29 is 43.2 Å². The van der Waals surface area contributed by atoms with Crippen LogP contribution in [0.3, 0.4) is 0 Å². The van der Waals surface area contributed by atoms with Crippen LogP contribution in [0.2, 0.25) is 0 Å². The van der Waals surface area contributed by atoms with E-state index >= 15 is 0 Å². The molecular formula is C41H40N4O9. The Bertz CT molecular complexity index is 2300. The van der Waals surface area contributed by atoms with Gasteiger partial charge in [-0.15, -0.1) is 0 Å². The molecule has 1 saturated heterocycles. The Morgan fingerprint density at radius 3 is 2.52 bits per heavy atom. The second kappa shape index (κ2) is 13.9. The van der Waals surface area contributed by atoms with Crippen LogP contribution in [0.15, 0.2) is 70.7 Å². The summed E-state index contributed by atoms with van der Waals surface area (Å²) < 4.78 is 23.3. The van der Waals surface area contributed by atoms with Gasteiger partial charge in [0.05, 0.1) is 43.5 Å². The molecule has 278 valence electrons. The fraction of sp³-hybridized carbons (Fsp3) is 0.366. The third-order valence-corrected chi connectivity index (χ3v) is 11.4. The molecule has 5 atom stereocenters. The summed E-state index contributed by atoms with van der Waals surface area (Å²) in [4.78, 5) is 63.3. The van der Waals surface area contributed by atoms with E-state index < -0.39 is 47.9 Å². The van der Waals surface area contributed by atoms with E-state index in [4.69, 9.17) is 18.9 Å². The van der Waals surface area contributed by atoms with Crippen molar-refractivity contribution in [3.8, 4) is 23.3 Å². The van der Waals surface area contributed by atoms with Gasteiger partial charge in [0, 0.05) is 62.6 Å². The Balaban J connectivity index is 1.43. The number of esters is 2. The first-order chi connectivity index (χ1) is 25.9. The van der Waals surface area contributed by atoms with Crippen molar-refractivity contribution in [1.29, 1.82) is 5.26 Å². The summed E-state index contributed by atoms with van der Waals surface area (Å²) >= 11 is 0. The maximum Gasteiger partial charge on any atom is 0.343 e. The number of ether oxygens (including phenoxy) is 4. The summed E-state index contributed by atoms with van der Waals surface area (Å²) in [6, 6.07) is 7.22. The highest BCUT2D eigenvalue weighted by Gasteiger charge is 2.59. The van der Waals surface area contributed by atoms with Crippen LogP contribution in [-0.4, -0.2) is 95.4 Å². The number of nitriles is 1. The highest BCUT2D eigenvalue weighted by atomic mass is 16.5. The lowest BCUT2D eigenvalue weighted by molar-refractivity contribution is -0.144. The van der Waals surface area contributed by atoms with E-state index in [1.165, 1.54) is 14.2 Å². The SMILES string of the molecule is C/C=C(/C)C(=O)OC[C@H]1c2c(O)c(OC)c(C)c(OC(=O)c3ccc4ncccc4c3)c2C[C@H]2[C@H]3C4=C(C[C@H]([C@H](C#N)N12)N3C)C(=O)C(C)=C(OC)C4=O. The van der Waals surface area contributed by atoms with E-state index in [0.29, 0.717) is 27.8 Å². The largest absolute Gasteiger partial charge is 0.504 e. The van der Waals surface area contributed by atoms with Gasteiger partial charge in [-0.25, -0.2) is 9.59 Å². The Hall–Kier alpha value is -5.84. The van der Waals surface area contributed by atoms with E-state index in [2.05, 4.69) is 11.1 Å². The van der Waals surface area contributed by atoms with Crippen LogP contribution in [0, 0.1) is 18.3 Å². The highest BCUT2D eigenvalue weighted by Crippen LogP contribution is 2.55. The molecule has 1 fully saturated rings. The first-order valence-electron chi connectivity index (χ1n) is 17.6. The monoisotopic (exact) mass is 732 g/mol. The van der Waals surface area contributed by atoms with Crippen LogP contribution < -0.4 is 9.47 Å². The molecule has 0 unspecified atom stereocenters. The number of aromatic nitrogens is 1. The summed E-state index contributed by atoms with van der Waals surface area (Å²) in [6.07, 6.45) is 3.46. The molecule has 0 saturated carbocycles. The minimum Gasteiger partial charge on any atom is -0.504 e. The maximum absolute atomic E-state index is 14.2. The number of rotatable bonds is 7. The quantitative estimate of drug-likeness (QED) is 0.155. The highest BCUT2D eigenvalue weighted by molar-refractivity contribution is 6.25. The van der Waals surface area contributed by atoms with Gasteiger partial charge >= 0.3 is 11.9 Å². The Kier molecular flexibility index (Phi) is 9.37. The number of carbonyl (C=O) groups excluding carboxylic acids is 4. The van der Waals surface area contributed by atoms with Gasteiger partial charge in [0.2, 0.25) is 5.78 Å². The molecule has 1 aliphatic carbocycles.